The molecule has 2 rings (SSSR count). The third kappa shape index (κ3) is 1.73. The molecule has 72 valence electrons. The molecule has 1 aromatic carbocycles. The number of hydrogen-bond donors (Lipinski definition) is 0. The quantitative estimate of drug-likeness (QED) is 0.645. The van der Waals surface area contributed by atoms with Gasteiger partial charge >= 0.3 is 0 Å². The van der Waals surface area contributed by atoms with Crippen LogP contribution in [0, 0.1) is 6.92 Å². The number of aromatic nitrogens is 1. The lowest BCUT2D eigenvalue weighted by Gasteiger charge is -2.05. The van der Waals surface area contributed by atoms with E-state index in [4.69, 9.17) is 11.6 Å². The fourth-order valence-corrected chi connectivity index (χ4v) is 1.63. The molecule has 2 aromatic rings. The number of benzene rings is 1. The minimum atomic E-state index is 0.0440. The van der Waals surface area contributed by atoms with Crippen LogP contribution >= 0.6 is 11.6 Å². The standard InChI is InChI=1S/C12H12ClN/c1-8-5-11-4-3-10(9(2)13)6-12(11)14-7-8/h3-7,9H,1-2H3. The molecular weight excluding hydrogens is 194 g/mol. The van der Waals surface area contributed by atoms with Gasteiger partial charge in [0.05, 0.1) is 10.9 Å². The van der Waals surface area contributed by atoms with Gasteiger partial charge in [-0.15, -0.1) is 11.6 Å². The molecule has 1 atom stereocenters. The number of hydrogen-bond acceptors (Lipinski definition) is 1. The van der Waals surface area contributed by atoms with E-state index in [9.17, 15) is 0 Å². The van der Waals surface area contributed by atoms with Crippen LogP contribution in [-0.2, 0) is 0 Å². The Labute approximate surface area is 88.7 Å². The highest BCUT2D eigenvalue weighted by Gasteiger charge is 2.02. The van der Waals surface area contributed by atoms with Crippen molar-refractivity contribution in [2.45, 2.75) is 19.2 Å². The number of alkyl halides is 1. The van der Waals surface area contributed by atoms with Gasteiger partial charge < -0.3 is 0 Å². The highest BCUT2D eigenvalue weighted by Crippen LogP contribution is 2.23. The Kier molecular flexibility index (Phi) is 2.42. The maximum Gasteiger partial charge on any atom is 0.0705 e. The second kappa shape index (κ2) is 3.58. The van der Waals surface area contributed by atoms with Gasteiger partial charge in [-0.05, 0) is 37.1 Å². The lowest BCUT2D eigenvalue weighted by Crippen LogP contribution is -1.86. The molecule has 0 aliphatic rings. The lowest BCUT2D eigenvalue weighted by atomic mass is 10.1. The number of nitrogens with zero attached hydrogens (tertiary/aromatic N) is 1. The van der Waals surface area contributed by atoms with Gasteiger partial charge in [-0.25, -0.2) is 0 Å². The molecule has 0 saturated carbocycles. The number of rotatable bonds is 1. The van der Waals surface area contributed by atoms with Gasteiger partial charge in [0.2, 0.25) is 0 Å². The second-order valence-electron chi connectivity index (χ2n) is 3.58. The van der Waals surface area contributed by atoms with Crippen molar-refractivity contribution in [3.8, 4) is 0 Å². The summed E-state index contributed by atoms with van der Waals surface area (Å²) in [6.07, 6.45) is 1.88. The molecule has 0 amide bonds. The van der Waals surface area contributed by atoms with Crippen LogP contribution in [0.5, 0.6) is 0 Å². The summed E-state index contributed by atoms with van der Waals surface area (Å²) >= 11 is 6.01. The van der Waals surface area contributed by atoms with Crippen molar-refractivity contribution < 1.29 is 0 Å². The Morgan fingerprint density at radius 3 is 2.79 bits per heavy atom. The van der Waals surface area contributed by atoms with Crippen molar-refractivity contribution in [3.05, 3.63) is 41.6 Å². The first-order valence-corrected chi connectivity index (χ1v) is 5.11. The van der Waals surface area contributed by atoms with Crippen molar-refractivity contribution in [3.63, 3.8) is 0 Å². The van der Waals surface area contributed by atoms with Crippen LogP contribution in [0.3, 0.4) is 0 Å². The number of pyridine rings is 1. The van der Waals surface area contributed by atoms with E-state index < -0.39 is 0 Å². The maximum atomic E-state index is 6.01. The van der Waals surface area contributed by atoms with Crippen LogP contribution in [0.25, 0.3) is 10.9 Å². The summed E-state index contributed by atoms with van der Waals surface area (Å²) in [6.45, 7) is 4.02. The summed E-state index contributed by atoms with van der Waals surface area (Å²) in [5.41, 5.74) is 3.32. The molecule has 0 N–H and O–H groups in total. The highest BCUT2D eigenvalue weighted by atomic mass is 35.5. The smallest absolute Gasteiger partial charge is 0.0705 e. The number of aryl methyl sites for hydroxylation is 1. The van der Waals surface area contributed by atoms with E-state index in [1.54, 1.807) is 0 Å². The average Bonchev–Trinajstić information content (AvgIpc) is 2.16. The van der Waals surface area contributed by atoms with Crippen molar-refractivity contribution >= 4 is 22.5 Å². The largest absolute Gasteiger partial charge is 0.256 e. The molecule has 0 aliphatic carbocycles. The van der Waals surface area contributed by atoms with Gasteiger partial charge in [0.15, 0.2) is 0 Å². The van der Waals surface area contributed by atoms with Gasteiger partial charge in [0.1, 0.15) is 0 Å². The van der Waals surface area contributed by atoms with Gasteiger partial charge in [0, 0.05) is 11.6 Å². The van der Waals surface area contributed by atoms with E-state index in [0.29, 0.717) is 0 Å². The van der Waals surface area contributed by atoms with Gasteiger partial charge in [-0.2, -0.15) is 0 Å². The summed E-state index contributed by atoms with van der Waals surface area (Å²) in [6, 6.07) is 8.31. The van der Waals surface area contributed by atoms with Crippen LogP contribution in [0.4, 0.5) is 0 Å². The minimum Gasteiger partial charge on any atom is -0.256 e. The number of halogens is 1. The molecule has 1 unspecified atom stereocenters. The lowest BCUT2D eigenvalue weighted by molar-refractivity contribution is 1.09. The Balaban J connectivity index is 2.62. The molecule has 1 nitrogen and oxygen atoms in total. The van der Waals surface area contributed by atoms with E-state index in [1.165, 1.54) is 10.9 Å². The SMILES string of the molecule is Cc1cnc2cc(C(C)Cl)ccc2c1. The summed E-state index contributed by atoms with van der Waals surface area (Å²) in [5, 5.41) is 1.22. The molecule has 0 spiro atoms. The van der Waals surface area contributed by atoms with Gasteiger partial charge in [-0.1, -0.05) is 12.1 Å². The molecule has 0 bridgehead atoms. The Hall–Kier alpha value is -1.08. The first-order chi connectivity index (χ1) is 6.66. The van der Waals surface area contributed by atoms with Crippen molar-refractivity contribution in [2.75, 3.05) is 0 Å². The molecule has 1 aromatic heterocycles. The Morgan fingerprint density at radius 1 is 1.29 bits per heavy atom. The first-order valence-electron chi connectivity index (χ1n) is 4.67. The van der Waals surface area contributed by atoms with E-state index in [2.05, 4.69) is 23.2 Å². The van der Waals surface area contributed by atoms with Crippen molar-refractivity contribution in [1.29, 1.82) is 0 Å². The molecular formula is C12H12ClN. The molecule has 2 heteroatoms. The van der Waals surface area contributed by atoms with Crippen molar-refractivity contribution in [2.24, 2.45) is 0 Å². The van der Waals surface area contributed by atoms with Crippen LogP contribution in [0.2, 0.25) is 0 Å². The summed E-state index contributed by atoms with van der Waals surface area (Å²) in [4.78, 5) is 4.37. The third-order valence-electron chi connectivity index (χ3n) is 2.30. The summed E-state index contributed by atoms with van der Waals surface area (Å²) in [7, 11) is 0. The summed E-state index contributed by atoms with van der Waals surface area (Å²) in [5.74, 6) is 0. The van der Waals surface area contributed by atoms with Crippen LogP contribution in [0.15, 0.2) is 30.5 Å². The second-order valence-corrected chi connectivity index (χ2v) is 4.24. The van der Waals surface area contributed by atoms with E-state index in [0.717, 1.165) is 11.1 Å². The van der Waals surface area contributed by atoms with Crippen LogP contribution in [0.1, 0.15) is 23.4 Å². The maximum absolute atomic E-state index is 6.01. The zero-order valence-corrected chi connectivity index (χ0v) is 9.05. The molecule has 0 saturated heterocycles. The van der Waals surface area contributed by atoms with E-state index in [-0.39, 0.29) is 5.38 Å². The normalized spacial score (nSPS) is 13.1. The predicted octanol–water partition coefficient (Wildman–Crippen LogP) is 3.84. The Bertz CT molecular complexity index is 463. The van der Waals surface area contributed by atoms with Crippen LogP contribution in [-0.4, -0.2) is 4.98 Å². The van der Waals surface area contributed by atoms with Crippen LogP contribution < -0.4 is 0 Å². The molecule has 0 aliphatic heterocycles. The zero-order valence-electron chi connectivity index (χ0n) is 8.29. The summed E-state index contributed by atoms with van der Waals surface area (Å²) < 4.78 is 0. The van der Waals surface area contributed by atoms with Crippen molar-refractivity contribution in [1.82, 2.24) is 4.98 Å². The minimum absolute atomic E-state index is 0.0440. The highest BCUT2D eigenvalue weighted by molar-refractivity contribution is 6.20. The monoisotopic (exact) mass is 205 g/mol. The number of fused-ring (bicyclic) bond motifs is 1. The molecule has 14 heavy (non-hydrogen) atoms. The molecule has 1 heterocycles. The Morgan fingerprint density at radius 2 is 2.07 bits per heavy atom. The fourth-order valence-electron chi connectivity index (χ4n) is 1.50. The predicted molar refractivity (Wildman–Crippen MR) is 60.7 cm³/mol. The van der Waals surface area contributed by atoms with Gasteiger partial charge in [-0.3, -0.25) is 4.98 Å². The fraction of sp³-hybridized carbons (Fsp3) is 0.250. The topological polar surface area (TPSA) is 12.9 Å². The third-order valence-corrected chi connectivity index (χ3v) is 2.56. The van der Waals surface area contributed by atoms with Gasteiger partial charge in [0.25, 0.3) is 0 Å². The zero-order chi connectivity index (χ0) is 10.1. The van der Waals surface area contributed by atoms with E-state index in [1.807, 2.05) is 26.1 Å². The molecule has 0 radical (unpaired) electrons. The van der Waals surface area contributed by atoms with E-state index >= 15 is 0 Å². The molecule has 0 fully saturated rings. The first kappa shape index (κ1) is 9.47. The average molecular weight is 206 g/mol.